The van der Waals surface area contributed by atoms with Gasteiger partial charge in [-0.25, -0.2) is 0 Å². The Hall–Kier alpha value is -1.79. The maximum Gasteiger partial charge on any atom is 0.257 e. The molecule has 1 rings (SSSR count). The van der Waals surface area contributed by atoms with E-state index in [-0.39, 0.29) is 11.9 Å². The fourth-order valence-corrected chi connectivity index (χ4v) is 1.96. The summed E-state index contributed by atoms with van der Waals surface area (Å²) in [4.78, 5) is 14.0. The number of rotatable bonds is 7. The average molecular weight is 282 g/mol. The zero-order chi connectivity index (χ0) is 15.1. The van der Waals surface area contributed by atoms with Gasteiger partial charge < -0.3 is 24.8 Å². The van der Waals surface area contributed by atoms with E-state index in [1.807, 2.05) is 0 Å². The molecule has 0 fully saturated rings. The minimum Gasteiger partial charge on any atom is -0.493 e. The molecule has 1 atom stereocenters. The highest BCUT2D eigenvalue weighted by Gasteiger charge is 2.20. The lowest BCUT2D eigenvalue weighted by Gasteiger charge is -2.22. The number of nitrogens with zero attached hydrogens (tertiary/aromatic N) is 1. The van der Waals surface area contributed by atoms with Gasteiger partial charge in [0.25, 0.3) is 5.91 Å². The molecule has 1 aromatic carbocycles. The van der Waals surface area contributed by atoms with E-state index in [0.29, 0.717) is 30.2 Å². The van der Waals surface area contributed by atoms with Crippen LogP contribution in [0.2, 0.25) is 0 Å². The van der Waals surface area contributed by atoms with E-state index >= 15 is 0 Å². The summed E-state index contributed by atoms with van der Waals surface area (Å²) in [5.74, 6) is 0.771. The number of hydrogen-bond donors (Lipinski definition) is 1. The zero-order valence-electron chi connectivity index (χ0n) is 12.4. The summed E-state index contributed by atoms with van der Waals surface area (Å²) in [6.45, 7) is 0.792. The van der Waals surface area contributed by atoms with Crippen molar-refractivity contribution in [2.24, 2.45) is 5.73 Å². The second-order valence-electron chi connectivity index (χ2n) is 4.44. The second-order valence-corrected chi connectivity index (χ2v) is 4.44. The highest BCUT2D eigenvalue weighted by atomic mass is 16.5. The Balaban J connectivity index is 2.91. The summed E-state index contributed by atoms with van der Waals surface area (Å²) in [5.41, 5.74) is 6.30. The molecule has 0 saturated carbocycles. The van der Waals surface area contributed by atoms with Crippen LogP contribution in [0.15, 0.2) is 18.2 Å². The zero-order valence-corrected chi connectivity index (χ0v) is 12.4. The molecule has 2 N–H and O–H groups in total. The van der Waals surface area contributed by atoms with Crippen molar-refractivity contribution in [1.29, 1.82) is 0 Å². The molecule has 0 bridgehead atoms. The van der Waals surface area contributed by atoms with E-state index in [2.05, 4.69) is 0 Å². The topological polar surface area (TPSA) is 74.0 Å². The van der Waals surface area contributed by atoms with Gasteiger partial charge in [-0.1, -0.05) is 6.07 Å². The first-order chi connectivity index (χ1) is 9.54. The van der Waals surface area contributed by atoms with Crippen molar-refractivity contribution in [2.75, 3.05) is 41.5 Å². The van der Waals surface area contributed by atoms with Crippen LogP contribution in [-0.2, 0) is 4.74 Å². The molecule has 0 aliphatic rings. The summed E-state index contributed by atoms with van der Waals surface area (Å²) in [6.07, 6.45) is 0. The Morgan fingerprint density at radius 1 is 1.30 bits per heavy atom. The highest BCUT2D eigenvalue weighted by Crippen LogP contribution is 2.31. The summed E-state index contributed by atoms with van der Waals surface area (Å²) < 4.78 is 15.4. The van der Waals surface area contributed by atoms with E-state index < -0.39 is 0 Å². The van der Waals surface area contributed by atoms with Crippen LogP contribution in [0, 0.1) is 0 Å². The SMILES string of the molecule is COCC(N)CN(C)C(=O)c1cccc(OC)c1OC. The number of para-hydroxylation sites is 1. The Morgan fingerprint density at radius 2 is 2.00 bits per heavy atom. The van der Waals surface area contributed by atoms with Gasteiger partial charge in [-0.15, -0.1) is 0 Å². The molecule has 0 heterocycles. The molecule has 0 aliphatic heterocycles. The van der Waals surface area contributed by atoms with E-state index in [1.165, 1.54) is 14.2 Å². The van der Waals surface area contributed by atoms with Crippen LogP contribution in [0.3, 0.4) is 0 Å². The number of amides is 1. The first-order valence-electron chi connectivity index (χ1n) is 6.26. The van der Waals surface area contributed by atoms with Crippen molar-refractivity contribution < 1.29 is 19.0 Å². The average Bonchev–Trinajstić information content (AvgIpc) is 2.45. The third-order valence-electron chi connectivity index (χ3n) is 2.87. The molecule has 0 saturated heterocycles. The number of hydrogen-bond acceptors (Lipinski definition) is 5. The highest BCUT2D eigenvalue weighted by molar-refractivity contribution is 5.97. The summed E-state index contributed by atoms with van der Waals surface area (Å²) in [7, 11) is 6.30. The number of carbonyl (C=O) groups is 1. The first kappa shape index (κ1) is 16.3. The number of ether oxygens (including phenoxy) is 3. The van der Waals surface area contributed by atoms with Gasteiger partial charge >= 0.3 is 0 Å². The van der Waals surface area contributed by atoms with Gasteiger partial charge in [-0.05, 0) is 12.1 Å². The molecular weight excluding hydrogens is 260 g/mol. The van der Waals surface area contributed by atoms with Gasteiger partial charge in [0, 0.05) is 26.7 Å². The van der Waals surface area contributed by atoms with Gasteiger partial charge in [-0.3, -0.25) is 4.79 Å². The van der Waals surface area contributed by atoms with E-state index in [9.17, 15) is 4.79 Å². The number of carbonyl (C=O) groups excluding carboxylic acids is 1. The molecule has 0 aromatic heterocycles. The van der Waals surface area contributed by atoms with Crippen LogP contribution in [-0.4, -0.2) is 58.4 Å². The van der Waals surface area contributed by atoms with Crippen molar-refractivity contribution in [2.45, 2.75) is 6.04 Å². The molecule has 1 unspecified atom stereocenters. The lowest BCUT2D eigenvalue weighted by atomic mass is 10.1. The lowest BCUT2D eigenvalue weighted by Crippen LogP contribution is -2.41. The van der Waals surface area contributed by atoms with Crippen LogP contribution in [0.25, 0.3) is 0 Å². The second kappa shape index (κ2) is 7.72. The van der Waals surface area contributed by atoms with Gasteiger partial charge in [0.15, 0.2) is 11.5 Å². The molecule has 112 valence electrons. The largest absolute Gasteiger partial charge is 0.493 e. The normalized spacial score (nSPS) is 11.8. The van der Waals surface area contributed by atoms with Crippen molar-refractivity contribution >= 4 is 5.91 Å². The van der Waals surface area contributed by atoms with Crippen molar-refractivity contribution in [1.82, 2.24) is 4.90 Å². The fraction of sp³-hybridized carbons (Fsp3) is 0.500. The van der Waals surface area contributed by atoms with Gasteiger partial charge in [0.1, 0.15) is 0 Å². The van der Waals surface area contributed by atoms with Crippen LogP contribution in [0.1, 0.15) is 10.4 Å². The van der Waals surface area contributed by atoms with E-state index in [1.54, 1.807) is 37.3 Å². The van der Waals surface area contributed by atoms with Gasteiger partial charge in [-0.2, -0.15) is 0 Å². The monoisotopic (exact) mass is 282 g/mol. The number of nitrogens with two attached hydrogens (primary N) is 1. The molecule has 20 heavy (non-hydrogen) atoms. The Morgan fingerprint density at radius 3 is 2.55 bits per heavy atom. The van der Waals surface area contributed by atoms with Crippen LogP contribution in [0.4, 0.5) is 0 Å². The molecule has 0 radical (unpaired) electrons. The predicted octanol–water partition coefficient (Wildman–Crippen LogP) is 0.750. The first-order valence-corrected chi connectivity index (χ1v) is 6.26. The maximum absolute atomic E-state index is 12.4. The van der Waals surface area contributed by atoms with Crippen LogP contribution in [0.5, 0.6) is 11.5 Å². The fourth-order valence-electron chi connectivity index (χ4n) is 1.96. The van der Waals surface area contributed by atoms with Crippen molar-refractivity contribution in [3.63, 3.8) is 0 Å². The molecule has 0 aliphatic carbocycles. The standard InChI is InChI=1S/C14H22N2O4/c1-16(8-10(15)9-18-2)14(17)11-6-5-7-12(19-3)13(11)20-4/h5-7,10H,8-9,15H2,1-4H3. The van der Waals surface area contributed by atoms with Crippen LogP contribution < -0.4 is 15.2 Å². The third kappa shape index (κ3) is 3.85. The molecule has 0 spiro atoms. The van der Waals surface area contributed by atoms with Crippen molar-refractivity contribution in [3.05, 3.63) is 23.8 Å². The number of methoxy groups -OCH3 is 3. The Kier molecular flexibility index (Phi) is 6.27. The lowest BCUT2D eigenvalue weighted by molar-refractivity contribution is 0.0760. The third-order valence-corrected chi connectivity index (χ3v) is 2.87. The molecule has 6 nitrogen and oxygen atoms in total. The Bertz CT molecular complexity index is 451. The van der Waals surface area contributed by atoms with Crippen molar-refractivity contribution in [3.8, 4) is 11.5 Å². The van der Waals surface area contributed by atoms with E-state index in [0.717, 1.165) is 0 Å². The molecule has 6 heteroatoms. The molecule has 1 amide bonds. The molecular formula is C14H22N2O4. The summed E-state index contributed by atoms with van der Waals surface area (Å²) in [6, 6.07) is 4.96. The summed E-state index contributed by atoms with van der Waals surface area (Å²) >= 11 is 0. The quantitative estimate of drug-likeness (QED) is 0.799. The van der Waals surface area contributed by atoms with Gasteiger partial charge in [0.2, 0.25) is 0 Å². The predicted molar refractivity (Wildman–Crippen MR) is 76.4 cm³/mol. The molecule has 1 aromatic rings. The smallest absolute Gasteiger partial charge is 0.257 e. The number of likely N-dealkylation sites (N-methyl/N-ethyl adjacent to an activating group) is 1. The summed E-state index contributed by atoms with van der Waals surface area (Å²) in [5, 5.41) is 0. The van der Waals surface area contributed by atoms with E-state index in [4.69, 9.17) is 19.9 Å². The van der Waals surface area contributed by atoms with Crippen LogP contribution >= 0.6 is 0 Å². The Labute approximate surface area is 119 Å². The minimum absolute atomic E-state index is 0.174. The maximum atomic E-state index is 12.4. The minimum atomic E-state index is -0.231. The van der Waals surface area contributed by atoms with Gasteiger partial charge in [0.05, 0.1) is 26.4 Å². The number of benzene rings is 1.